The van der Waals surface area contributed by atoms with Gasteiger partial charge in [-0.2, -0.15) is 11.8 Å². The summed E-state index contributed by atoms with van der Waals surface area (Å²) in [4.78, 5) is 0. The average Bonchev–Trinajstić information content (AvgIpc) is 2.62. The highest BCUT2D eigenvalue weighted by Crippen LogP contribution is 2.04. The van der Waals surface area contributed by atoms with E-state index in [4.69, 9.17) is 4.42 Å². The van der Waals surface area contributed by atoms with Crippen LogP contribution in [0.2, 0.25) is 0 Å². The topological polar surface area (TPSA) is 51.0 Å². The molecule has 5 heteroatoms. The molecule has 4 nitrogen and oxygen atoms in total. The maximum atomic E-state index is 5.27. The Kier molecular flexibility index (Phi) is 5.71. The van der Waals surface area contributed by atoms with E-state index in [1.54, 1.807) is 6.92 Å². The molecule has 1 unspecified atom stereocenters. The Morgan fingerprint density at radius 3 is 2.87 bits per heavy atom. The smallest absolute Gasteiger partial charge is 0.230 e. The summed E-state index contributed by atoms with van der Waals surface area (Å²) in [7, 11) is 0. The van der Waals surface area contributed by atoms with E-state index >= 15 is 0 Å². The molecule has 0 amide bonds. The van der Waals surface area contributed by atoms with Gasteiger partial charge in [0.25, 0.3) is 0 Å². The van der Waals surface area contributed by atoms with E-state index < -0.39 is 0 Å². The van der Waals surface area contributed by atoms with Crippen molar-refractivity contribution >= 4 is 11.8 Å². The molecule has 0 saturated heterocycles. The fourth-order valence-electron chi connectivity index (χ4n) is 1.18. The molecule has 1 aromatic rings. The second kappa shape index (κ2) is 6.85. The third-order valence-electron chi connectivity index (χ3n) is 2.07. The number of aromatic nitrogens is 2. The molecule has 1 N–H and O–H groups in total. The van der Waals surface area contributed by atoms with Crippen LogP contribution in [0.3, 0.4) is 0 Å². The number of rotatable bonds is 7. The largest absolute Gasteiger partial charge is 0.424 e. The van der Waals surface area contributed by atoms with Gasteiger partial charge in [0, 0.05) is 13.0 Å². The summed E-state index contributed by atoms with van der Waals surface area (Å²) >= 11 is 1.97. The first-order chi connectivity index (χ1) is 7.22. The highest BCUT2D eigenvalue weighted by atomic mass is 32.2. The first kappa shape index (κ1) is 12.5. The summed E-state index contributed by atoms with van der Waals surface area (Å²) in [6.07, 6.45) is 1.17. The molecule has 15 heavy (non-hydrogen) atoms. The quantitative estimate of drug-likeness (QED) is 0.725. The Bertz CT molecular complexity index is 277. The lowest BCUT2D eigenvalue weighted by Crippen LogP contribution is -2.26. The van der Waals surface area contributed by atoms with E-state index in [0.717, 1.165) is 0 Å². The first-order valence-electron chi connectivity index (χ1n) is 5.32. The number of thioether (sulfide) groups is 1. The number of nitrogens with zero attached hydrogens (tertiary/aromatic N) is 2. The van der Waals surface area contributed by atoms with E-state index in [-0.39, 0.29) is 0 Å². The highest BCUT2D eigenvalue weighted by Gasteiger charge is 2.05. The fourth-order valence-corrected chi connectivity index (χ4v) is 1.99. The summed E-state index contributed by atoms with van der Waals surface area (Å²) in [6.45, 7) is 6.83. The Hall–Kier alpha value is -0.550. The minimum Gasteiger partial charge on any atom is -0.424 e. The number of aryl methyl sites for hydroxylation is 1. The lowest BCUT2D eigenvalue weighted by atomic mass is 10.2. The molecule has 0 bridgehead atoms. The fraction of sp³-hybridized carbons (Fsp3) is 0.800. The van der Waals surface area contributed by atoms with Crippen LogP contribution in [0.15, 0.2) is 4.42 Å². The zero-order chi connectivity index (χ0) is 11.1. The van der Waals surface area contributed by atoms with Crippen molar-refractivity contribution in [2.24, 2.45) is 0 Å². The van der Waals surface area contributed by atoms with Gasteiger partial charge in [-0.3, -0.25) is 0 Å². The molecule has 1 atom stereocenters. The van der Waals surface area contributed by atoms with Crippen LogP contribution in [-0.4, -0.2) is 27.7 Å². The second-order valence-electron chi connectivity index (χ2n) is 3.48. The van der Waals surface area contributed by atoms with Crippen LogP contribution in [0.25, 0.3) is 0 Å². The van der Waals surface area contributed by atoms with Gasteiger partial charge in [-0.05, 0) is 24.9 Å². The molecule has 1 rings (SSSR count). The minimum atomic E-state index is 0.497. The van der Waals surface area contributed by atoms with E-state index in [9.17, 15) is 0 Å². The van der Waals surface area contributed by atoms with Gasteiger partial charge in [0.1, 0.15) is 0 Å². The molecule has 0 aliphatic carbocycles. The Labute approximate surface area is 95.2 Å². The van der Waals surface area contributed by atoms with Crippen LogP contribution in [0.4, 0.5) is 0 Å². The first-order valence-corrected chi connectivity index (χ1v) is 6.48. The maximum Gasteiger partial charge on any atom is 0.230 e. The van der Waals surface area contributed by atoms with Crippen LogP contribution in [-0.2, 0) is 6.54 Å². The van der Waals surface area contributed by atoms with Crippen molar-refractivity contribution in [3.8, 4) is 0 Å². The Morgan fingerprint density at radius 1 is 1.47 bits per heavy atom. The maximum absolute atomic E-state index is 5.27. The van der Waals surface area contributed by atoms with Gasteiger partial charge in [-0.15, -0.1) is 10.2 Å². The highest BCUT2D eigenvalue weighted by molar-refractivity contribution is 7.99. The van der Waals surface area contributed by atoms with E-state index in [0.29, 0.717) is 24.4 Å². The van der Waals surface area contributed by atoms with Gasteiger partial charge in [-0.1, -0.05) is 6.92 Å². The predicted molar refractivity (Wildman–Crippen MR) is 63.0 cm³/mol. The van der Waals surface area contributed by atoms with Gasteiger partial charge >= 0.3 is 0 Å². The van der Waals surface area contributed by atoms with Crippen molar-refractivity contribution in [3.63, 3.8) is 0 Å². The number of hydrogen-bond acceptors (Lipinski definition) is 5. The molecule has 0 aliphatic rings. The number of hydrogen-bond donors (Lipinski definition) is 1. The van der Waals surface area contributed by atoms with E-state index in [1.807, 2.05) is 11.8 Å². The number of nitrogens with one attached hydrogen (secondary N) is 1. The van der Waals surface area contributed by atoms with Crippen molar-refractivity contribution in [1.82, 2.24) is 15.5 Å². The average molecular weight is 229 g/mol. The zero-order valence-corrected chi connectivity index (χ0v) is 10.4. The van der Waals surface area contributed by atoms with Crippen LogP contribution >= 0.6 is 11.8 Å². The molecular weight excluding hydrogens is 210 g/mol. The molecule has 0 aromatic carbocycles. The standard InChI is InChI=1S/C10H19N3OS/c1-4-15-6-5-8(2)11-7-10-13-12-9(3)14-10/h8,11H,4-7H2,1-3H3. The summed E-state index contributed by atoms with van der Waals surface area (Å²) in [5, 5.41) is 11.1. The second-order valence-corrected chi connectivity index (χ2v) is 4.88. The molecule has 0 spiro atoms. The molecular formula is C10H19N3OS. The molecule has 0 fully saturated rings. The van der Waals surface area contributed by atoms with Gasteiger partial charge in [0.15, 0.2) is 0 Å². The summed E-state index contributed by atoms with van der Waals surface area (Å²) in [5.74, 6) is 3.69. The molecule has 1 heterocycles. The van der Waals surface area contributed by atoms with E-state index in [2.05, 4.69) is 29.4 Å². The van der Waals surface area contributed by atoms with Gasteiger partial charge in [0.2, 0.25) is 11.8 Å². The molecule has 0 aliphatic heterocycles. The summed E-state index contributed by atoms with van der Waals surface area (Å²) in [5.41, 5.74) is 0. The van der Waals surface area contributed by atoms with Crippen molar-refractivity contribution < 1.29 is 4.42 Å². The van der Waals surface area contributed by atoms with Gasteiger partial charge < -0.3 is 9.73 Å². The van der Waals surface area contributed by atoms with Crippen molar-refractivity contribution in [2.75, 3.05) is 11.5 Å². The van der Waals surface area contributed by atoms with Crippen LogP contribution < -0.4 is 5.32 Å². The SMILES string of the molecule is CCSCCC(C)NCc1nnc(C)o1. The minimum absolute atomic E-state index is 0.497. The molecule has 0 saturated carbocycles. The lowest BCUT2D eigenvalue weighted by molar-refractivity contribution is 0.424. The lowest BCUT2D eigenvalue weighted by Gasteiger charge is -2.11. The van der Waals surface area contributed by atoms with Crippen molar-refractivity contribution in [3.05, 3.63) is 11.8 Å². The normalized spacial score (nSPS) is 13.0. The van der Waals surface area contributed by atoms with Gasteiger partial charge in [0.05, 0.1) is 6.54 Å². The molecule has 86 valence electrons. The molecule has 0 radical (unpaired) electrons. The third-order valence-corrected chi connectivity index (χ3v) is 3.00. The van der Waals surface area contributed by atoms with Crippen LogP contribution in [0.5, 0.6) is 0 Å². The summed E-state index contributed by atoms with van der Waals surface area (Å²) < 4.78 is 5.27. The van der Waals surface area contributed by atoms with E-state index in [1.165, 1.54) is 17.9 Å². The third kappa shape index (κ3) is 5.18. The van der Waals surface area contributed by atoms with Crippen molar-refractivity contribution in [2.45, 2.75) is 39.8 Å². The van der Waals surface area contributed by atoms with Gasteiger partial charge in [-0.25, -0.2) is 0 Å². The summed E-state index contributed by atoms with van der Waals surface area (Å²) in [6, 6.07) is 0.497. The zero-order valence-electron chi connectivity index (χ0n) is 9.62. The van der Waals surface area contributed by atoms with Crippen molar-refractivity contribution in [1.29, 1.82) is 0 Å². The monoisotopic (exact) mass is 229 g/mol. The Morgan fingerprint density at radius 2 is 2.27 bits per heavy atom. The molecule has 1 aromatic heterocycles. The Balaban J connectivity index is 2.13. The van der Waals surface area contributed by atoms with Crippen LogP contribution in [0.1, 0.15) is 32.0 Å². The predicted octanol–water partition coefficient (Wildman–Crippen LogP) is 2.00. The van der Waals surface area contributed by atoms with Crippen LogP contribution in [0, 0.1) is 6.92 Å².